The van der Waals surface area contributed by atoms with E-state index in [1.807, 2.05) is 0 Å². The zero-order valence-corrected chi connectivity index (χ0v) is 10.4. The van der Waals surface area contributed by atoms with Crippen molar-refractivity contribution in [2.75, 3.05) is 20.6 Å². The number of amides is 2. The number of hydroxylamine groups is 2. The van der Waals surface area contributed by atoms with Crippen LogP contribution in [0.2, 0.25) is 0 Å². The Morgan fingerprint density at radius 1 is 1.31 bits per heavy atom. The van der Waals surface area contributed by atoms with Crippen molar-refractivity contribution < 1.29 is 18.9 Å². The zero-order chi connectivity index (χ0) is 12.9. The van der Waals surface area contributed by atoms with E-state index in [-0.39, 0.29) is 12.5 Å². The fourth-order valence-corrected chi connectivity index (χ4v) is 0.779. The van der Waals surface area contributed by atoms with E-state index in [0.717, 1.165) is 5.06 Å². The van der Waals surface area contributed by atoms with Crippen LogP contribution in [0.15, 0.2) is 0 Å². The molecule has 16 heavy (non-hydrogen) atoms. The maximum absolute atomic E-state index is 11.5. The quantitative estimate of drug-likeness (QED) is 0.527. The second-order valence-electron chi connectivity index (χ2n) is 4.36. The smallest absolute Gasteiger partial charge is 0.410 e. The van der Waals surface area contributed by atoms with Gasteiger partial charge in [0.15, 0.2) is 0 Å². The highest BCUT2D eigenvalue weighted by molar-refractivity contribution is 5.81. The Labute approximate surface area is 95.4 Å². The molecule has 0 saturated heterocycles. The minimum Gasteiger partial charge on any atom is -0.444 e. The fraction of sp³-hybridized carbons (Fsp3) is 0.700. The monoisotopic (exact) mass is 231 g/mol. The lowest BCUT2D eigenvalue weighted by Crippen LogP contribution is -2.40. The van der Waals surface area contributed by atoms with Gasteiger partial charge < -0.3 is 9.64 Å². The summed E-state index contributed by atoms with van der Waals surface area (Å²) < 4.78 is 9.52. The van der Waals surface area contributed by atoms with Crippen LogP contribution in [0, 0.1) is 0 Å². The lowest BCUT2D eigenvalue weighted by Gasteiger charge is -2.23. The van der Waals surface area contributed by atoms with Gasteiger partial charge in [0.05, 0.1) is 7.05 Å². The Morgan fingerprint density at radius 2 is 1.81 bits per heavy atom. The van der Waals surface area contributed by atoms with Crippen molar-refractivity contribution in [2.45, 2.75) is 26.4 Å². The number of hydrogen-bond acceptors (Lipinski definition) is 3. The molecule has 0 N–H and O–H groups in total. The summed E-state index contributed by atoms with van der Waals surface area (Å²) in [5.41, 5.74) is -0.580. The van der Waals surface area contributed by atoms with E-state index in [1.165, 1.54) is 19.0 Å². The SMILES string of the molecule is C=[O+]N(C)C(=O)CN(C)C(=O)OC(C)(C)C. The van der Waals surface area contributed by atoms with Gasteiger partial charge in [-0.1, -0.05) is 0 Å². The van der Waals surface area contributed by atoms with E-state index in [4.69, 9.17) is 4.74 Å². The van der Waals surface area contributed by atoms with Crippen LogP contribution in [0.3, 0.4) is 0 Å². The first-order valence-corrected chi connectivity index (χ1v) is 4.80. The number of nitrogens with zero attached hydrogens (tertiary/aromatic N) is 2. The van der Waals surface area contributed by atoms with Crippen LogP contribution in [-0.2, 0) is 14.1 Å². The van der Waals surface area contributed by atoms with Crippen LogP contribution in [0.1, 0.15) is 20.8 Å². The van der Waals surface area contributed by atoms with Gasteiger partial charge in [0.1, 0.15) is 12.1 Å². The summed E-state index contributed by atoms with van der Waals surface area (Å²) in [6, 6.07) is 0. The summed E-state index contributed by atoms with van der Waals surface area (Å²) in [6.45, 7) is 8.23. The first-order chi connectivity index (χ1) is 7.17. The molecule has 0 rings (SSSR count). The second kappa shape index (κ2) is 5.48. The molecule has 6 heteroatoms. The lowest BCUT2D eigenvalue weighted by atomic mass is 10.2. The summed E-state index contributed by atoms with van der Waals surface area (Å²) in [5, 5.41) is 0.945. The van der Waals surface area contributed by atoms with Crippen LogP contribution in [0.25, 0.3) is 0 Å². The standard InChI is InChI=1S/C10H19N2O4/c1-10(2,3)16-9(14)11(4)7-8(13)12(5)15-6/h6-7H2,1-5H3/q+1. The first kappa shape index (κ1) is 14.4. The molecule has 0 aliphatic carbocycles. The number of rotatable bonds is 3. The van der Waals surface area contributed by atoms with Crippen molar-refractivity contribution >= 4 is 18.8 Å². The predicted octanol–water partition coefficient (Wildman–Crippen LogP) is 0.591. The molecule has 0 aromatic heterocycles. The molecule has 0 unspecified atom stereocenters. The van der Waals surface area contributed by atoms with E-state index >= 15 is 0 Å². The average Bonchev–Trinajstić information content (AvgIpc) is 2.13. The molecule has 92 valence electrons. The molecule has 0 fully saturated rings. The highest BCUT2D eigenvalue weighted by Gasteiger charge is 2.24. The summed E-state index contributed by atoms with van der Waals surface area (Å²) in [7, 11) is 2.89. The molecule has 0 aromatic carbocycles. The average molecular weight is 231 g/mol. The molecule has 2 amide bonds. The summed E-state index contributed by atoms with van der Waals surface area (Å²) in [5.74, 6) is -0.386. The van der Waals surface area contributed by atoms with Crippen molar-refractivity contribution in [3.8, 4) is 0 Å². The zero-order valence-electron chi connectivity index (χ0n) is 10.4. The number of ether oxygens (including phenoxy) is 1. The third-order valence-corrected chi connectivity index (χ3v) is 1.62. The van der Waals surface area contributed by atoms with Gasteiger partial charge in [0.25, 0.3) is 0 Å². The summed E-state index contributed by atoms with van der Waals surface area (Å²) in [6.07, 6.45) is -0.557. The molecule has 0 bridgehead atoms. The van der Waals surface area contributed by atoms with Crippen LogP contribution >= 0.6 is 0 Å². The molecule has 0 heterocycles. The van der Waals surface area contributed by atoms with Crippen LogP contribution in [0.4, 0.5) is 4.79 Å². The normalized spacial score (nSPS) is 10.6. The highest BCUT2D eigenvalue weighted by atomic mass is 16.6. The van der Waals surface area contributed by atoms with E-state index in [0.29, 0.717) is 0 Å². The van der Waals surface area contributed by atoms with Crippen molar-refractivity contribution in [3.63, 3.8) is 0 Å². The van der Waals surface area contributed by atoms with Gasteiger partial charge in [-0.15, -0.1) is 4.53 Å². The molecule has 0 radical (unpaired) electrons. The number of hydrogen-bond donors (Lipinski definition) is 0. The Bertz CT molecular complexity index is 283. The van der Waals surface area contributed by atoms with E-state index in [9.17, 15) is 9.59 Å². The number of likely N-dealkylation sites (N-methyl/N-ethyl adjacent to an activating group) is 2. The van der Waals surface area contributed by atoms with Crippen molar-refractivity contribution in [1.29, 1.82) is 0 Å². The molecular formula is C10H19N2O4+. The third-order valence-electron chi connectivity index (χ3n) is 1.62. The minimum absolute atomic E-state index is 0.124. The largest absolute Gasteiger partial charge is 0.444 e. The van der Waals surface area contributed by atoms with E-state index < -0.39 is 11.7 Å². The Hall–Kier alpha value is -1.59. The number of carbonyl (C=O) groups is 2. The third kappa shape index (κ3) is 5.33. The maximum Gasteiger partial charge on any atom is 0.410 e. The van der Waals surface area contributed by atoms with Gasteiger partial charge in [-0.2, -0.15) is 0 Å². The predicted molar refractivity (Wildman–Crippen MR) is 58.8 cm³/mol. The van der Waals surface area contributed by atoms with Gasteiger partial charge in [0, 0.05) is 12.1 Å². The Balaban J connectivity index is 4.26. The summed E-state index contributed by atoms with van der Waals surface area (Å²) in [4.78, 5) is 24.0. The lowest BCUT2D eigenvalue weighted by molar-refractivity contribution is -0.608. The number of carbonyl (C=O) groups excluding carboxylic acids is 3. The molecule has 0 aromatic rings. The molecule has 0 aliphatic rings. The minimum atomic E-state index is -0.580. The van der Waals surface area contributed by atoms with Crippen molar-refractivity contribution in [1.82, 2.24) is 9.96 Å². The van der Waals surface area contributed by atoms with E-state index in [2.05, 4.69) is 11.3 Å². The van der Waals surface area contributed by atoms with Gasteiger partial charge in [0.2, 0.25) is 0 Å². The molecule has 0 saturated carbocycles. The van der Waals surface area contributed by atoms with Crippen LogP contribution in [-0.4, -0.2) is 55.0 Å². The van der Waals surface area contributed by atoms with Gasteiger partial charge in [-0.25, -0.2) is 4.79 Å². The molecule has 0 spiro atoms. The fourth-order valence-electron chi connectivity index (χ4n) is 0.779. The first-order valence-electron chi connectivity index (χ1n) is 4.80. The molecular weight excluding hydrogens is 212 g/mol. The van der Waals surface area contributed by atoms with Crippen molar-refractivity contribution in [3.05, 3.63) is 0 Å². The molecule has 0 atom stereocenters. The van der Waals surface area contributed by atoms with Crippen LogP contribution in [0.5, 0.6) is 0 Å². The molecule has 0 aliphatic heterocycles. The Kier molecular flexibility index (Phi) is 4.94. The van der Waals surface area contributed by atoms with Gasteiger partial charge in [-0.3, -0.25) is 4.79 Å². The summed E-state index contributed by atoms with van der Waals surface area (Å²) >= 11 is 0. The maximum atomic E-state index is 11.5. The van der Waals surface area contributed by atoms with Crippen molar-refractivity contribution in [2.24, 2.45) is 0 Å². The molecule has 6 nitrogen and oxygen atoms in total. The van der Waals surface area contributed by atoms with Gasteiger partial charge >= 0.3 is 18.8 Å². The topological polar surface area (TPSA) is 61.2 Å². The van der Waals surface area contributed by atoms with Gasteiger partial charge in [-0.05, 0) is 20.8 Å². The van der Waals surface area contributed by atoms with Crippen LogP contribution < -0.4 is 0 Å². The second-order valence-corrected chi connectivity index (χ2v) is 4.36. The van der Waals surface area contributed by atoms with E-state index in [1.54, 1.807) is 20.8 Å². The highest BCUT2D eigenvalue weighted by Crippen LogP contribution is 2.08. The Morgan fingerprint density at radius 3 is 2.19 bits per heavy atom.